The highest BCUT2D eigenvalue weighted by molar-refractivity contribution is 5.88. The van der Waals surface area contributed by atoms with Gasteiger partial charge in [-0.25, -0.2) is 4.79 Å². The number of urea groups is 1. The fourth-order valence-electron chi connectivity index (χ4n) is 1.20. The van der Waals surface area contributed by atoms with E-state index in [-0.39, 0.29) is 12.1 Å². The molecule has 1 heterocycles. The third kappa shape index (κ3) is 6.52. The topological polar surface area (TPSA) is 63.2 Å². The lowest BCUT2D eigenvalue weighted by Crippen LogP contribution is -2.30. The molecule has 0 saturated heterocycles. The summed E-state index contributed by atoms with van der Waals surface area (Å²) in [5, 5.41) is 5.47. The molecule has 5 heteroatoms. The summed E-state index contributed by atoms with van der Waals surface area (Å²) in [5.41, 5.74) is 0.732. The van der Waals surface area contributed by atoms with Gasteiger partial charge >= 0.3 is 6.03 Å². The standard InChI is InChI=1S/C12H19N3O2/c1-10(2)17-9-3-6-14-12(16)15-11-4-7-13-8-5-11/h4-5,7-8,10H,3,6,9H2,1-2H3,(H2,13,14,15,16). The first-order valence-corrected chi connectivity index (χ1v) is 5.75. The van der Waals surface area contributed by atoms with Crippen molar-refractivity contribution in [2.24, 2.45) is 0 Å². The van der Waals surface area contributed by atoms with Crippen LogP contribution in [-0.2, 0) is 4.74 Å². The van der Waals surface area contributed by atoms with Crippen molar-refractivity contribution < 1.29 is 9.53 Å². The second kappa shape index (κ2) is 7.62. The number of hydrogen-bond donors (Lipinski definition) is 2. The average Bonchev–Trinajstić information content (AvgIpc) is 2.29. The van der Waals surface area contributed by atoms with E-state index in [0.717, 1.165) is 12.1 Å². The lowest BCUT2D eigenvalue weighted by molar-refractivity contribution is 0.0775. The van der Waals surface area contributed by atoms with E-state index in [9.17, 15) is 4.79 Å². The average molecular weight is 237 g/mol. The highest BCUT2D eigenvalue weighted by Gasteiger charge is 2.00. The minimum Gasteiger partial charge on any atom is -0.379 e. The van der Waals surface area contributed by atoms with Crippen LogP contribution in [-0.4, -0.2) is 30.3 Å². The Kier molecular flexibility index (Phi) is 6.03. The van der Waals surface area contributed by atoms with E-state index in [2.05, 4.69) is 15.6 Å². The van der Waals surface area contributed by atoms with Gasteiger partial charge < -0.3 is 15.4 Å². The zero-order valence-electron chi connectivity index (χ0n) is 10.3. The fraction of sp³-hybridized carbons (Fsp3) is 0.500. The van der Waals surface area contributed by atoms with E-state index in [1.54, 1.807) is 24.5 Å². The van der Waals surface area contributed by atoms with Crippen molar-refractivity contribution >= 4 is 11.7 Å². The molecule has 0 spiro atoms. The Labute approximate surface area is 102 Å². The molecule has 2 amide bonds. The van der Waals surface area contributed by atoms with Crippen LogP contribution < -0.4 is 10.6 Å². The van der Waals surface area contributed by atoms with Crippen molar-refractivity contribution in [1.82, 2.24) is 10.3 Å². The quantitative estimate of drug-likeness (QED) is 0.744. The first-order valence-electron chi connectivity index (χ1n) is 5.75. The molecule has 0 atom stereocenters. The number of pyridine rings is 1. The van der Waals surface area contributed by atoms with Crippen LogP contribution in [0.25, 0.3) is 0 Å². The monoisotopic (exact) mass is 237 g/mol. The zero-order valence-corrected chi connectivity index (χ0v) is 10.3. The summed E-state index contributed by atoms with van der Waals surface area (Å²) in [6, 6.07) is 3.27. The Morgan fingerprint density at radius 1 is 1.41 bits per heavy atom. The van der Waals surface area contributed by atoms with E-state index in [1.807, 2.05) is 13.8 Å². The molecule has 94 valence electrons. The van der Waals surface area contributed by atoms with Crippen LogP contribution in [0, 0.1) is 0 Å². The van der Waals surface area contributed by atoms with Crippen molar-refractivity contribution in [3.63, 3.8) is 0 Å². The molecule has 0 fully saturated rings. The summed E-state index contributed by atoms with van der Waals surface area (Å²) in [5.74, 6) is 0. The van der Waals surface area contributed by atoms with Gasteiger partial charge in [-0.05, 0) is 32.4 Å². The molecule has 0 aliphatic rings. The van der Waals surface area contributed by atoms with Gasteiger partial charge in [0.25, 0.3) is 0 Å². The molecule has 0 aliphatic carbocycles. The van der Waals surface area contributed by atoms with Gasteiger partial charge in [0, 0.05) is 31.2 Å². The molecule has 1 aromatic heterocycles. The molecule has 5 nitrogen and oxygen atoms in total. The SMILES string of the molecule is CC(C)OCCCNC(=O)Nc1ccncc1. The largest absolute Gasteiger partial charge is 0.379 e. The Morgan fingerprint density at radius 3 is 2.76 bits per heavy atom. The number of nitrogens with one attached hydrogen (secondary N) is 2. The summed E-state index contributed by atoms with van der Waals surface area (Å²) in [7, 11) is 0. The Balaban J connectivity index is 2.10. The van der Waals surface area contributed by atoms with Crippen LogP contribution in [0.15, 0.2) is 24.5 Å². The van der Waals surface area contributed by atoms with Crippen LogP contribution in [0.1, 0.15) is 20.3 Å². The predicted octanol–water partition coefficient (Wildman–Crippen LogP) is 2.02. The van der Waals surface area contributed by atoms with Crippen molar-refractivity contribution in [2.75, 3.05) is 18.5 Å². The smallest absolute Gasteiger partial charge is 0.319 e. The Hall–Kier alpha value is -1.62. The number of carbonyl (C=O) groups is 1. The number of hydrogen-bond acceptors (Lipinski definition) is 3. The lowest BCUT2D eigenvalue weighted by Gasteiger charge is -2.09. The molecular formula is C12H19N3O2. The first kappa shape index (κ1) is 13.4. The third-order valence-electron chi connectivity index (χ3n) is 2.00. The van der Waals surface area contributed by atoms with Gasteiger partial charge in [0.15, 0.2) is 0 Å². The lowest BCUT2D eigenvalue weighted by atomic mass is 10.4. The fourth-order valence-corrected chi connectivity index (χ4v) is 1.20. The van der Waals surface area contributed by atoms with E-state index in [4.69, 9.17) is 4.74 Å². The summed E-state index contributed by atoms with van der Waals surface area (Å²) >= 11 is 0. The van der Waals surface area contributed by atoms with Gasteiger partial charge in [0.1, 0.15) is 0 Å². The molecular weight excluding hydrogens is 218 g/mol. The molecule has 0 bridgehead atoms. The minimum absolute atomic E-state index is 0.208. The number of aromatic nitrogens is 1. The highest BCUT2D eigenvalue weighted by atomic mass is 16.5. The number of anilines is 1. The van der Waals surface area contributed by atoms with Crippen molar-refractivity contribution in [3.05, 3.63) is 24.5 Å². The van der Waals surface area contributed by atoms with Gasteiger partial charge in [0.05, 0.1) is 6.10 Å². The normalized spacial score (nSPS) is 10.3. The molecule has 0 aliphatic heterocycles. The van der Waals surface area contributed by atoms with Gasteiger partial charge in [-0.2, -0.15) is 0 Å². The van der Waals surface area contributed by atoms with Gasteiger partial charge in [-0.15, -0.1) is 0 Å². The highest BCUT2D eigenvalue weighted by Crippen LogP contribution is 2.02. The van der Waals surface area contributed by atoms with E-state index >= 15 is 0 Å². The molecule has 0 radical (unpaired) electrons. The van der Waals surface area contributed by atoms with Crippen LogP contribution >= 0.6 is 0 Å². The Bertz CT molecular complexity index is 328. The maximum Gasteiger partial charge on any atom is 0.319 e. The maximum atomic E-state index is 11.4. The van der Waals surface area contributed by atoms with E-state index < -0.39 is 0 Å². The molecule has 1 aromatic rings. The number of amides is 2. The zero-order chi connectivity index (χ0) is 12.5. The van der Waals surface area contributed by atoms with E-state index in [0.29, 0.717) is 13.2 Å². The molecule has 1 rings (SSSR count). The van der Waals surface area contributed by atoms with E-state index in [1.165, 1.54) is 0 Å². The van der Waals surface area contributed by atoms with Crippen molar-refractivity contribution in [2.45, 2.75) is 26.4 Å². The maximum absolute atomic E-state index is 11.4. The van der Waals surface area contributed by atoms with Gasteiger partial charge in [-0.3, -0.25) is 4.98 Å². The first-order chi connectivity index (χ1) is 8.18. The van der Waals surface area contributed by atoms with Crippen LogP contribution in [0.5, 0.6) is 0 Å². The minimum atomic E-state index is -0.208. The second-order valence-electron chi connectivity index (χ2n) is 3.89. The number of ether oxygens (including phenoxy) is 1. The summed E-state index contributed by atoms with van der Waals surface area (Å²) < 4.78 is 5.36. The number of carbonyl (C=O) groups excluding carboxylic acids is 1. The van der Waals surface area contributed by atoms with Crippen molar-refractivity contribution in [1.29, 1.82) is 0 Å². The molecule has 17 heavy (non-hydrogen) atoms. The molecule has 2 N–H and O–H groups in total. The Morgan fingerprint density at radius 2 is 2.12 bits per heavy atom. The van der Waals surface area contributed by atoms with Gasteiger partial charge in [-0.1, -0.05) is 0 Å². The van der Waals surface area contributed by atoms with Gasteiger partial charge in [0.2, 0.25) is 0 Å². The third-order valence-corrected chi connectivity index (χ3v) is 2.00. The molecule has 0 saturated carbocycles. The van der Waals surface area contributed by atoms with Crippen molar-refractivity contribution in [3.8, 4) is 0 Å². The number of nitrogens with zero attached hydrogens (tertiary/aromatic N) is 1. The summed E-state index contributed by atoms with van der Waals surface area (Å²) in [6.45, 7) is 5.24. The summed E-state index contributed by atoms with van der Waals surface area (Å²) in [4.78, 5) is 15.3. The summed E-state index contributed by atoms with van der Waals surface area (Å²) in [6.07, 6.45) is 4.31. The predicted molar refractivity (Wildman–Crippen MR) is 67.0 cm³/mol. The van der Waals surface area contributed by atoms with Crippen LogP contribution in [0.2, 0.25) is 0 Å². The molecule has 0 aromatic carbocycles. The molecule has 0 unspecified atom stereocenters. The second-order valence-corrected chi connectivity index (χ2v) is 3.89. The van der Waals surface area contributed by atoms with Crippen LogP contribution in [0.3, 0.4) is 0 Å². The van der Waals surface area contributed by atoms with Crippen LogP contribution in [0.4, 0.5) is 10.5 Å². The number of rotatable bonds is 6.